The fourth-order valence-corrected chi connectivity index (χ4v) is 3.39. The summed E-state index contributed by atoms with van der Waals surface area (Å²) in [7, 11) is 0. The number of piperazine rings is 1. The molecule has 3 aromatic rings. The first-order chi connectivity index (χ1) is 13.7. The van der Waals surface area contributed by atoms with Gasteiger partial charge < -0.3 is 15.1 Å². The zero-order chi connectivity index (χ0) is 19.3. The van der Waals surface area contributed by atoms with Crippen LogP contribution in [-0.4, -0.2) is 36.1 Å². The molecule has 0 aliphatic carbocycles. The number of nitrogens with zero attached hydrogens (tertiary/aromatic N) is 5. The van der Waals surface area contributed by atoms with Gasteiger partial charge in [-0.05, 0) is 43.3 Å². The summed E-state index contributed by atoms with van der Waals surface area (Å²) >= 11 is 0. The Morgan fingerprint density at radius 2 is 1.57 bits per heavy atom. The van der Waals surface area contributed by atoms with E-state index in [2.05, 4.69) is 55.4 Å². The van der Waals surface area contributed by atoms with Crippen LogP contribution in [0.25, 0.3) is 0 Å². The third kappa shape index (κ3) is 4.04. The number of nitriles is 1. The summed E-state index contributed by atoms with van der Waals surface area (Å²) in [5, 5.41) is 12.2. The second kappa shape index (κ2) is 7.97. The average molecular weight is 370 g/mol. The number of para-hydroxylation sites is 1. The van der Waals surface area contributed by atoms with Crippen molar-refractivity contribution in [2.24, 2.45) is 0 Å². The van der Waals surface area contributed by atoms with Gasteiger partial charge in [0, 0.05) is 43.6 Å². The van der Waals surface area contributed by atoms with Crippen LogP contribution in [0.4, 0.5) is 23.0 Å². The lowest BCUT2D eigenvalue weighted by Crippen LogP contribution is -2.46. The predicted octanol–water partition coefficient (Wildman–Crippen LogP) is 3.73. The minimum atomic E-state index is 0.640. The van der Waals surface area contributed by atoms with Gasteiger partial charge in [-0.15, -0.1) is 0 Å². The highest BCUT2D eigenvalue weighted by Crippen LogP contribution is 2.23. The molecule has 1 N–H and O–H groups in total. The summed E-state index contributed by atoms with van der Waals surface area (Å²) in [4.78, 5) is 13.8. The second-order valence-electron chi connectivity index (χ2n) is 6.78. The highest BCUT2D eigenvalue weighted by Gasteiger charge is 2.19. The van der Waals surface area contributed by atoms with Crippen LogP contribution < -0.4 is 15.1 Å². The van der Waals surface area contributed by atoms with Gasteiger partial charge in [0.05, 0.1) is 11.6 Å². The van der Waals surface area contributed by atoms with Crippen LogP contribution in [0.5, 0.6) is 0 Å². The van der Waals surface area contributed by atoms with Gasteiger partial charge >= 0.3 is 0 Å². The number of aromatic nitrogens is 2. The molecule has 1 aromatic heterocycles. The van der Waals surface area contributed by atoms with E-state index in [0.717, 1.165) is 49.3 Å². The predicted molar refractivity (Wildman–Crippen MR) is 112 cm³/mol. The molecular weight excluding hydrogens is 348 g/mol. The molecule has 28 heavy (non-hydrogen) atoms. The number of rotatable bonds is 4. The summed E-state index contributed by atoms with van der Waals surface area (Å²) in [5.41, 5.74) is 2.81. The monoisotopic (exact) mass is 370 g/mol. The smallest absolute Gasteiger partial charge is 0.136 e. The Morgan fingerprint density at radius 3 is 2.25 bits per heavy atom. The van der Waals surface area contributed by atoms with Gasteiger partial charge in [0.2, 0.25) is 0 Å². The van der Waals surface area contributed by atoms with E-state index in [0.29, 0.717) is 5.56 Å². The normalized spacial score (nSPS) is 13.9. The molecule has 1 fully saturated rings. The van der Waals surface area contributed by atoms with E-state index >= 15 is 0 Å². The third-order valence-corrected chi connectivity index (χ3v) is 4.84. The maximum Gasteiger partial charge on any atom is 0.136 e. The SMILES string of the molecule is Cc1nc(Nc2ccc(C#N)cc2)cc(N2CCN(c3ccccc3)CC2)n1. The Morgan fingerprint density at radius 1 is 0.893 bits per heavy atom. The molecule has 1 aliphatic rings. The molecule has 6 heteroatoms. The first kappa shape index (κ1) is 17.8. The lowest BCUT2D eigenvalue weighted by atomic mass is 10.2. The van der Waals surface area contributed by atoms with Crippen molar-refractivity contribution in [3.8, 4) is 6.07 Å². The number of anilines is 4. The molecule has 0 spiro atoms. The number of aryl methyl sites for hydroxylation is 1. The summed E-state index contributed by atoms with van der Waals surface area (Å²) in [6, 6.07) is 22.0. The molecule has 6 nitrogen and oxygen atoms in total. The van der Waals surface area contributed by atoms with Crippen molar-refractivity contribution in [1.29, 1.82) is 5.26 Å². The summed E-state index contributed by atoms with van der Waals surface area (Å²) in [6.45, 7) is 5.67. The Kier molecular flexibility index (Phi) is 5.07. The van der Waals surface area contributed by atoms with E-state index in [4.69, 9.17) is 5.26 Å². The van der Waals surface area contributed by atoms with Crippen LogP contribution in [0.3, 0.4) is 0 Å². The first-order valence-corrected chi connectivity index (χ1v) is 9.39. The molecule has 1 saturated heterocycles. The van der Waals surface area contributed by atoms with Gasteiger partial charge in [-0.3, -0.25) is 0 Å². The van der Waals surface area contributed by atoms with Crippen molar-refractivity contribution in [2.75, 3.05) is 41.3 Å². The number of hydrogen-bond donors (Lipinski definition) is 1. The molecule has 1 aliphatic heterocycles. The molecule has 0 atom stereocenters. The Bertz CT molecular complexity index is 970. The average Bonchev–Trinajstić information content (AvgIpc) is 2.75. The van der Waals surface area contributed by atoms with Crippen LogP contribution in [-0.2, 0) is 0 Å². The van der Waals surface area contributed by atoms with Gasteiger partial charge in [0.15, 0.2) is 0 Å². The van der Waals surface area contributed by atoms with Gasteiger partial charge in [-0.1, -0.05) is 18.2 Å². The molecule has 2 aromatic carbocycles. The van der Waals surface area contributed by atoms with E-state index in [9.17, 15) is 0 Å². The standard InChI is InChI=1S/C22H22N6/c1-17-24-21(26-19-9-7-18(16-23)8-10-19)15-22(25-17)28-13-11-27(12-14-28)20-5-3-2-4-6-20/h2-10,15H,11-14H2,1H3,(H,24,25,26). The van der Waals surface area contributed by atoms with Crippen molar-refractivity contribution >= 4 is 23.0 Å². The summed E-state index contributed by atoms with van der Waals surface area (Å²) < 4.78 is 0. The van der Waals surface area contributed by atoms with Crippen molar-refractivity contribution in [3.63, 3.8) is 0 Å². The topological polar surface area (TPSA) is 68.1 Å². The Labute approximate surface area is 165 Å². The Balaban J connectivity index is 1.46. The van der Waals surface area contributed by atoms with Crippen molar-refractivity contribution in [3.05, 3.63) is 72.1 Å². The van der Waals surface area contributed by atoms with Gasteiger partial charge in [0.25, 0.3) is 0 Å². The zero-order valence-corrected chi connectivity index (χ0v) is 15.8. The van der Waals surface area contributed by atoms with Crippen molar-refractivity contribution in [1.82, 2.24) is 9.97 Å². The Hall–Kier alpha value is -3.59. The zero-order valence-electron chi connectivity index (χ0n) is 15.8. The molecule has 0 unspecified atom stereocenters. The van der Waals surface area contributed by atoms with Gasteiger partial charge in [0.1, 0.15) is 17.5 Å². The highest BCUT2D eigenvalue weighted by atomic mass is 15.3. The largest absolute Gasteiger partial charge is 0.368 e. The molecular formula is C22H22N6. The molecule has 4 rings (SSSR count). The molecule has 140 valence electrons. The van der Waals surface area contributed by atoms with Gasteiger partial charge in [-0.2, -0.15) is 5.26 Å². The van der Waals surface area contributed by atoms with Crippen LogP contribution in [0.1, 0.15) is 11.4 Å². The second-order valence-corrected chi connectivity index (χ2v) is 6.78. The number of nitrogens with one attached hydrogen (secondary N) is 1. The van der Waals surface area contributed by atoms with E-state index in [1.807, 2.05) is 31.2 Å². The maximum absolute atomic E-state index is 8.93. The third-order valence-electron chi connectivity index (χ3n) is 4.84. The fourth-order valence-electron chi connectivity index (χ4n) is 3.39. The molecule has 2 heterocycles. The van der Waals surface area contributed by atoms with Crippen LogP contribution in [0.15, 0.2) is 60.7 Å². The maximum atomic E-state index is 8.93. The molecule has 0 saturated carbocycles. The van der Waals surface area contributed by atoms with Crippen LogP contribution in [0, 0.1) is 18.3 Å². The van der Waals surface area contributed by atoms with E-state index < -0.39 is 0 Å². The van der Waals surface area contributed by atoms with E-state index in [1.54, 1.807) is 12.1 Å². The number of benzene rings is 2. The first-order valence-electron chi connectivity index (χ1n) is 9.39. The van der Waals surface area contributed by atoms with Crippen molar-refractivity contribution in [2.45, 2.75) is 6.92 Å². The summed E-state index contributed by atoms with van der Waals surface area (Å²) in [5.74, 6) is 2.44. The van der Waals surface area contributed by atoms with Crippen LogP contribution in [0.2, 0.25) is 0 Å². The van der Waals surface area contributed by atoms with Gasteiger partial charge in [-0.25, -0.2) is 9.97 Å². The molecule has 0 radical (unpaired) electrons. The number of hydrogen-bond acceptors (Lipinski definition) is 6. The minimum absolute atomic E-state index is 0.640. The van der Waals surface area contributed by atoms with E-state index in [-0.39, 0.29) is 0 Å². The lowest BCUT2D eigenvalue weighted by molar-refractivity contribution is 0.646. The summed E-state index contributed by atoms with van der Waals surface area (Å²) in [6.07, 6.45) is 0. The fraction of sp³-hybridized carbons (Fsp3) is 0.227. The minimum Gasteiger partial charge on any atom is -0.368 e. The molecule has 0 bridgehead atoms. The highest BCUT2D eigenvalue weighted by molar-refractivity contribution is 5.61. The molecule has 0 amide bonds. The van der Waals surface area contributed by atoms with E-state index in [1.165, 1.54) is 5.69 Å². The lowest BCUT2D eigenvalue weighted by Gasteiger charge is -2.36. The van der Waals surface area contributed by atoms with Crippen molar-refractivity contribution < 1.29 is 0 Å². The van der Waals surface area contributed by atoms with Crippen LogP contribution >= 0.6 is 0 Å². The quantitative estimate of drug-likeness (QED) is 0.755.